The lowest BCUT2D eigenvalue weighted by Crippen LogP contribution is -2.31. The van der Waals surface area contributed by atoms with E-state index in [1.165, 1.54) is 0 Å². The summed E-state index contributed by atoms with van der Waals surface area (Å²) in [5, 5.41) is 8.22. The molecule has 1 aliphatic rings. The van der Waals surface area contributed by atoms with E-state index in [1.54, 1.807) is 19.2 Å². The molecule has 102 valence electrons. The van der Waals surface area contributed by atoms with Crippen molar-refractivity contribution in [2.75, 3.05) is 30.9 Å². The van der Waals surface area contributed by atoms with E-state index in [0.29, 0.717) is 31.7 Å². The third kappa shape index (κ3) is 3.69. The van der Waals surface area contributed by atoms with Crippen LogP contribution in [0.3, 0.4) is 0 Å². The highest BCUT2D eigenvalue weighted by Gasteiger charge is 2.15. The molecule has 0 fully saturated rings. The van der Waals surface area contributed by atoms with Gasteiger partial charge >= 0.3 is 6.03 Å². The van der Waals surface area contributed by atoms with Crippen molar-refractivity contribution in [3.05, 3.63) is 23.8 Å². The summed E-state index contributed by atoms with van der Waals surface area (Å²) in [4.78, 5) is 22.8. The number of amides is 3. The molecule has 1 aromatic carbocycles. The van der Waals surface area contributed by atoms with Gasteiger partial charge in [-0.25, -0.2) is 4.79 Å². The minimum absolute atomic E-state index is 0.0329. The molecule has 1 aliphatic heterocycles. The molecule has 3 N–H and O–H groups in total. The molecule has 0 aliphatic carbocycles. The average molecular weight is 263 g/mol. The zero-order valence-corrected chi connectivity index (χ0v) is 10.8. The molecule has 0 radical (unpaired) electrons. The molecule has 0 aromatic heterocycles. The number of hydrogen-bond acceptors (Lipinski definition) is 3. The van der Waals surface area contributed by atoms with Crippen LogP contribution in [0, 0.1) is 0 Å². The lowest BCUT2D eigenvalue weighted by atomic mass is 10.0. The van der Waals surface area contributed by atoms with Gasteiger partial charge in [0.25, 0.3) is 0 Å². The molecule has 0 saturated carbocycles. The predicted molar refractivity (Wildman–Crippen MR) is 72.3 cm³/mol. The van der Waals surface area contributed by atoms with Crippen LogP contribution in [-0.2, 0) is 16.0 Å². The Balaban J connectivity index is 1.95. The van der Waals surface area contributed by atoms with Crippen LogP contribution in [0.4, 0.5) is 16.2 Å². The van der Waals surface area contributed by atoms with Crippen molar-refractivity contribution in [1.29, 1.82) is 0 Å². The Kier molecular flexibility index (Phi) is 4.35. The zero-order chi connectivity index (χ0) is 13.7. The smallest absolute Gasteiger partial charge is 0.319 e. The molecular weight excluding hydrogens is 246 g/mol. The molecule has 6 heteroatoms. The van der Waals surface area contributed by atoms with Crippen LogP contribution in [0.5, 0.6) is 0 Å². The number of rotatable bonds is 4. The minimum atomic E-state index is -0.267. The molecule has 19 heavy (non-hydrogen) atoms. The van der Waals surface area contributed by atoms with Gasteiger partial charge in [0.15, 0.2) is 0 Å². The largest absolute Gasteiger partial charge is 0.383 e. The van der Waals surface area contributed by atoms with Gasteiger partial charge in [-0.05, 0) is 30.2 Å². The molecule has 6 nitrogen and oxygen atoms in total. The van der Waals surface area contributed by atoms with Crippen LogP contribution in [-0.4, -0.2) is 32.2 Å². The van der Waals surface area contributed by atoms with Gasteiger partial charge in [0.2, 0.25) is 5.91 Å². The Morgan fingerprint density at radius 3 is 3.05 bits per heavy atom. The van der Waals surface area contributed by atoms with Crippen LogP contribution in [0.2, 0.25) is 0 Å². The van der Waals surface area contributed by atoms with Crippen molar-refractivity contribution < 1.29 is 14.3 Å². The SMILES string of the molecule is COCCNC(=O)Nc1ccc2c(c1)CCC(=O)N2. The summed E-state index contributed by atoms with van der Waals surface area (Å²) in [7, 11) is 1.58. The van der Waals surface area contributed by atoms with E-state index in [0.717, 1.165) is 11.3 Å². The lowest BCUT2D eigenvalue weighted by Gasteiger charge is -2.17. The molecular formula is C13H17N3O3. The summed E-state index contributed by atoms with van der Waals surface area (Å²) >= 11 is 0. The van der Waals surface area contributed by atoms with Crippen molar-refractivity contribution in [2.45, 2.75) is 12.8 Å². The van der Waals surface area contributed by atoms with Crippen LogP contribution in [0.1, 0.15) is 12.0 Å². The van der Waals surface area contributed by atoms with E-state index >= 15 is 0 Å². The van der Waals surface area contributed by atoms with E-state index in [2.05, 4.69) is 16.0 Å². The van der Waals surface area contributed by atoms with Gasteiger partial charge in [-0.3, -0.25) is 4.79 Å². The second kappa shape index (κ2) is 6.19. The predicted octanol–water partition coefficient (Wildman–Crippen LogP) is 1.34. The topological polar surface area (TPSA) is 79.5 Å². The first kappa shape index (κ1) is 13.4. The Bertz CT molecular complexity index is 488. The monoisotopic (exact) mass is 263 g/mol. The number of carbonyl (C=O) groups is 2. The van der Waals surface area contributed by atoms with Gasteiger partial charge in [0.05, 0.1) is 6.61 Å². The highest BCUT2D eigenvalue weighted by molar-refractivity contribution is 5.95. The second-order valence-electron chi connectivity index (χ2n) is 4.29. The van der Waals surface area contributed by atoms with Gasteiger partial charge in [0, 0.05) is 31.5 Å². The third-order valence-corrected chi connectivity index (χ3v) is 2.85. The highest BCUT2D eigenvalue weighted by atomic mass is 16.5. The normalized spacial score (nSPS) is 13.4. The molecule has 0 atom stereocenters. The van der Waals surface area contributed by atoms with Crippen molar-refractivity contribution in [3.8, 4) is 0 Å². The van der Waals surface area contributed by atoms with Gasteiger partial charge < -0.3 is 20.7 Å². The summed E-state index contributed by atoms with van der Waals surface area (Å²) in [6.45, 7) is 0.937. The molecule has 0 spiro atoms. The Hall–Kier alpha value is -2.08. The van der Waals surface area contributed by atoms with Crippen LogP contribution in [0.25, 0.3) is 0 Å². The number of aryl methyl sites for hydroxylation is 1. The first-order valence-corrected chi connectivity index (χ1v) is 6.15. The number of methoxy groups -OCH3 is 1. The van der Waals surface area contributed by atoms with Crippen LogP contribution < -0.4 is 16.0 Å². The minimum Gasteiger partial charge on any atom is -0.383 e. The van der Waals surface area contributed by atoms with Gasteiger partial charge in [-0.1, -0.05) is 0 Å². The fourth-order valence-corrected chi connectivity index (χ4v) is 1.90. The van der Waals surface area contributed by atoms with Crippen molar-refractivity contribution in [3.63, 3.8) is 0 Å². The van der Waals surface area contributed by atoms with Crippen molar-refractivity contribution in [2.24, 2.45) is 0 Å². The van der Waals surface area contributed by atoms with Crippen LogP contribution in [0.15, 0.2) is 18.2 Å². The van der Waals surface area contributed by atoms with E-state index in [-0.39, 0.29) is 11.9 Å². The van der Waals surface area contributed by atoms with Gasteiger partial charge in [0.1, 0.15) is 0 Å². The maximum absolute atomic E-state index is 11.6. The second-order valence-corrected chi connectivity index (χ2v) is 4.29. The first-order valence-electron chi connectivity index (χ1n) is 6.15. The highest BCUT2D eigenvalue weighted by Crippen LogP contribution is 2.25. The summed E-state index contributed by atoms with van der Waals surface area (Å²) < 4.78 is 4.84. The maximum Gasteiger partial charge on any atom is 0.319 e. The van der Waals surface area contributed by atoms with Gasteiger partial charge in [-0.15, -0.1) is 0 Å². The standard InChI is InChI=1S/C13H17N3O3/c1-19-7-6-14-13(18)15-10-3-4-11-9(8-10)2-5-12(17)16-11/h3-4,8H,2,5-7H2,1H3,(H,16,17)(H2,14,15,18). The van der Waals surface area contributed by atoms with Crippen molar-refractivity contribution in [1.82, 2.24) is 5.32 Å². The number of fused-ring (bicyclic) bond motifs is 1. The summed E-state index contributed by atoms with van der Waals surface area (Å²) in [6, 6.07) is 5.18. The molecule has 3 amide bonds. The average Bonchev–Trinajstić information content (AvgIpc) is 2.39. The van der Waals surface area contributed by atoms with E-state index in [4.69, 9.17) is 4.74 Å². The number of nitrogens with one attached hydrogen (secondary N) is 3. The van der Waals surface area contributed by atoms with E-state index in [1.807, 2.05) is 6.07 Å². The number of anilines is 2. The lowest BCUT2D eigenvalue weighted by molar-refractivity contribution is -0.116. The quantitative estimate of drug-likeness (QED) is 0.717. The van der Waals surface area contributed by atoms with Gasteiger partial charge in [-0.2, -0.15) is 0 Å². The maximum atomic E-state index is 11.6. The number of ether oxygens (including phenoxy) is 1. The fourth-order valence-electron chi connectivity index (χ4n) is 1.90. The van der Waals surface area contributed by atoms with Crippen molar-refractivity contribution >= 4 is 23.3 Å². The zero-order valence-electron chi connectivity index (χ0n) is 10.8. The number of hydrogen-bond donors (Lipinski definition) is 3. The third-order valence-electron chi connectivity index (χ3n) is 2.85. The molecule has 2 rings (SSSR count). The molecule has 0 unspecified atom stereocenters. The molecule has 0 saturated heterocycles. The molecule has 1 aromatic rings. The first-order chi connectivity index (χ1) is 9.19. The number of benzene rings is 1. The fraction of sp³-hybridized carbons (Fsp3) is 0.385. The van der Waals surface area contributed by atoms with E-state index in [9.17, 15) is 9.59 Å². The van der Waals surface area contributed by atoms with E-state index < -0.39 is 0 Å². The number of urea groups is 1. The summed E-state index contributed by atoms with van der Waals surface area (Å²) in [6.07, 6.45) is 1.18. The Morgan fingerprint density at radius 2 is 2.26 bits per heavy atom. The number of carbonyl (C=O) groups excluding carboxylic acids is 2. The Labute approximate surface area is 111 Å². The molecule has 0 bridgehead atoms. The summed E-state index contributed by atoms with van der Waals surface area (Å²) in [5.74, 6) is 0.0329. The molecule has 1 heterocycles. The summed E-state index contributed by atoms with van der Waals surface area (Å²) in [5.41, 5.74) is 2.57. The Morgan fingerprint density at radius 1 is 1.42 bits per heavy atom. The van der Waals surface area contributed by atoms with Crippen LogP contribution >= 0.6 is 0 Å².